The molecule has 0 saturated carbocycles. The Balaban J connectivity index is 1.69. The van der Waals surface area contributed by atoms with Gasteiger partial charge in [0, 0.05) is 12.2 Å². The van der Waals surface area contributed by atoms with E-state index < -0.39 is 0 Å². The summed E-state index contributed by atoms with van der Waals surface area (Å²) in [6.07, 6.45) is 0.923. The van der Waals surface area contributed by atoms with Gasteiger partial charge in [0.05, 0.1) is 11.9 Å². The van der Waals surface area contributed by atoms with Crippen LogP contribution >= 0.6 is 11.3 Å². The maximum atomic E-state index is 13.4. The van der Waals surface area contributed by atoms with E-state index in [9.17, 15) is 4.39 Å². The van der Waals surface area contributed by atoms with Gasteiger partial charge in [-0.2, -0.15) is 0 Å². The lowest BCUT2D eigenvalue weighted by Crippen LogP contribution is -2.21. The second-order valence-corrected chi connectivity index (χ2v) is 6.00. The SMILES string of the molecule is Nc1nc(CN2CCc3ccc(F)cc32)nc2sccc12. The minimum atomic E-state index is -0.213. The number of rotatable bonds is 2. The van der Waals surface area contributed by atoms with Gasteiger partial charge < -0.3 is 10.6 Å². The molecule has 0 amide bonds. The fraction of sp³-hybridized carbons (Fsp3) is 0.200. The summed E-state index contributed by atoms with van der Waals surface area (Å²) in [6.45, 7) is 1.40. The first-order chi connectivity index (χ1) is 10.2. The maximum Gasteiger partial charge on any atom is 0.151 e. The highest BCUT2D eigenvalue weighted by Gasteiger charge is 2.21. The Kier molecular flexibility index (Phi) is 2.78. The third-order valence-corrected chi connectivity index (χ3v) is 4.58. The minimum absolute atomic E-state index is 0.213. The lowest BCUT2D eigenvalue weighted by atomic mass is 10.2. The number of halogens is 1. The third kappa shape index (κ3) is 2.12. The molecule has 2 N–H and O–H groups in total. The zero-order valence-corrected chi connectivity index (χ0v) is 12.0. The van der Waals surface area contributed by atoms with Gasteiger partial charge in [-0.25, -0.2) is 14.4 Å². The van der Waals surface area contributed by atoms with E-state index >= 15 is 0 Å². The Morgan fingerprint density at radius 1 is 1.29 bits per heavy atom. The van der Waals surface area contributed by atoms with E-state index in [1.54, 1.807) is 17.4 Å². The predicted octanol–water partition coefficient (Wildman–Crippen LogP) is 2.98. The molecule has 0 aliphatic carbocycles. The molecule has 2 aromatic heterocycles. The molecule has 0 saturated heterocycles. The number of fused-ring (bicyclic) bond motifs is 2. The van der Waals surface area contributed by atoms with E-state index in [1.165, 1.54) is 11.6 Å². The van der Waals surface area contributed by atoms with Crippen LogP contribution in [0.1, 0.15) is 11.4 Å². The Bertz CT molecular complexity index is 830. The first-order valence-electron chi connectivity index (χ1n) is 6.74. The van der Waals surface area contributed by atoms with E-state index in [4.69, 9.17) is 5.73 Å². The fourth-order valence-electron chi connectivity index (χ4n) is 2.75. The van der Waals surface area contributed by atoms with Crippen molar-refractivity contribution in [2.45, 2.75) is 13.0 Å². The Hall–Kier alpha value is -2.21. The lowest BCUT2D eigenvalue weighted by Gasteiger charge is -2.18. The summed E-state index contributed by atoms with van der Waals surface area (Å²) < 4.78 is 13.4. The summed E-state index contributed by atoms with van der Waals surface area (Å²) in [7, 11) is 0. The molecule has 106 valence electrons. The second-order valence-electron chi connectivity index (χ2n) is 5.11. The molecule has 1 aliphatic rings. The molecule has 0 unspecified atom stereocenters. The molecule has 3 heterocycles. The van der Waals surface area contributed by atoms with Crippen molar-refractivity contribution in [3.8, 4) is 0 Å². The Morgan fingerprint density at radius 2 is 2.19 bits per heavy atom. The van der Waals surface area contributed by atoms with Crippen LogP contribution in [0.4, 0.5) is 15.9 Å². The summed E-state index contributed by atoms with van der Waals surface area (Å²) in [4.78, 5) is 11.9. The number of anilines is 2. The standard InChI is InChI=1S/C15H13FN4S/c16-10-2-1-9-3-5-20(12(9)7-10)8-13-18-14(17)11-4-6-21-15(11)19-13/h1-2,4,6-7H,3,5,8H2,(H2,17,18,19). The van der Waals surface area contributed by atoms with E-state index in [2.05, 4.69) is 14.9 Å². The molecule has 4 rings (SSSR count). The van der Waals surface area contributed by atoms with Gasteiger partial charge in [-0.1, -0.05) is 6.07 Å². The molecule has 0 radical (unpaired) electrons. The van der Waals surface area contributed by atoms with Crippen LogP contribution in [0.3, 0.4) is 0 Å². The number of hydrogen-bond acceptors (Lipinski definition) is 5. The molecular formula is C15H13FN4S. The first-order valence-corrected chi connectivity index (χ1v) is 7.61. The number of nitrogen functional groups attached to an aromatic ring is 1. The number of nitrogens with zero attached hydrogens (tertiary/aromatic N) is 3. The maximum absolute atomic E-state index is 13.4. The molecule has 0 fully saturated rings. The summed E-state index contributed by atoms with van der Waals surface area (Å²) in [5, 5.41) is 2.86. The monoisotopic (exact) mass is 300 g/mol. The third-order valence-electron chi connectivity index (χ3n) is 3.77. The quantitative estimate of drug-likeness (QED) is 0.790. The van der Waals surface area contributed by atoms with Crippen molar-refractivity contribution in [3.63, 3.8) is 0 Å². The average Bonchev–Trinajstić information content (AvgIpc) is 3.06. The van der Waals surface area contributed by atoms with Crippen molar-refractivity contribution in [2.75, 3.05) is 17.2 Å². The zero-order valence-electron chi connectivity index (χ0n) is 11.2. The van der Waals surface area contributed by atoms with Crippen LogP contribution in [0.5, 0.6) is 0 Å². The van der Waals surface area contributed by atoms with Crippen LogP contribution in [-0.4, -0.2) is 16.5 Å². The minimum Gasteiger partial charge on any atom is -0.383 e. The fourth-order valence-corrected chi connectivity index (χ4v) is 3.54. The molecule has 1 aliphatic heterocycles. The van der Waals surface area contributed by atoms with Crippen LogP contribution in [0.15, 0.2) is 29.6 Å². The van der Waals surface area contributed by atoms with Crippen LogP contribution in [-0.2, 0) is 13.0 Å². The average molecular weight is 300 g/mol. The first kappa shape index (κ1) is 12.5. The van der Waals surface area contributed by atoms with Gasteiger partial charge in [-0.15, -0.1) is 11.3 Å². The van der Waals surface area contributed by atoms with E-state index in [1.807, 2.05) is 17.5 Å². The zero-order chi connectivity index (χ0) is 14.4. The van der Waals surface area contributed by atoms with Crippen molar-refractivity contribution in [2.24, 2.45) is 0 Å². The van der Waals surface area contributed by atoms with Crippen molar-refractivity contribution < 1.29 is 4.39 Å². The smallest absolute Gasteiger partial charge is 0.151 e. The summed E-state index contributed by atoms with van der Waals surface area (Å²) >= 11 is 1.55. The van der Waals surface area contributed by atoms with E-state index in [0.29, 0.717) is 18.2 Å². The van der Waals surface area contributed by atoms with Gasteiger partial charge in [0.15, 0.2) is 5.82 Å². The highest BCUT2D eigenvalue weighted by atomic mass is 32.1. The highest BCUT2D eigenvalue weighted by Crippen LogP contribution is 2.30. The van der Waals surface area contributed by atoms with Crippen molar-refractivity contribution in [1.29, 1.82) is 0 Å². The number of thiophene rings is 1. The van der Waals surface area contributed by atoms with Gasteiger partial charge in [0.2, 0.25) is 0 Å². The summed E-state index contributed by atoms with van der Waals surface area (Å²) in [5.74, 6) is 0.976. The van der Waals surface area contributed by atoms with Crippen molar-refractivity contribution in [1.82, 2.24) is 9.97 Å². The van der Waals surface area contributed by atoms with E-state index in [-0.39, 0.29) is 5.82 Å². The van der Waals surface area contributed by atoms with Gasteiger partial charge in [0.25, 0.3) is 0 Å². The van der Waals surface area contributed by atoms with Crippen molar-refractivity contribution in [3.05, 3.63) is 46.9 Å². The van der Waals surface area contributed by atoms with Crippen LogP contribution < -0.4 is 10.6 Å². The number of benzene rings is 1. The molecule has 6 heteroatoms. The largest absolute Gasteiger partial charge is 0.383 e. The molecule has 4 nitrogen and oxygen atoms in total. The molecule has 0 spiro atoms. The molecule has 3 aromatic rings. The van der Waals surface area contributed by atoms with Crippen molar-refractivity contribution >= 4 is 33.1 Å². The molecule has 21 heavy (non-hydrogen) atoms. The van der Waals surface area contributed by atoms with Gasteiger partial charge in [-0.3, -0.25) is 0 Å². The Morgan fingerprint density at radius 3 is 3.10 bits per heavy atom. The molecule has 1 aromatic carbocycles. The van der Waals surface area contributed by atoms with Gasteiger partial charge >= 0.3 is 0 Å². The summed E-state index contributed by atoms with van der Waals surface area (Å²) in [5.41, 5.74) is 8.07. The molecular weight excluding hydrogens is 287 g/mol. The Labute approximate surface area is 125 Å². The topological polar surface area (TPSA) is 55.0 Å². The van der Waals surface area contributed by atoms with Gasteiger partial charge in [-0.05, 0) is 35.6 Å². The molecule has 0 atom stereocenters. The normalized spacial score (nSPS) is 13.9. The highest BCUT2D eigenvalue weighted by molar-refractivity contribution is 7.16. The number of nitrogens with two attached hydrogens (primary N) is 1. The van der Waals surface area contributed by atoms with Crippen LogP contribution in [0, 0.1) is 5.82 Å². The predicted molar refractivity (Wildman–Crippen MR) is 83.0 cm³/mol. The number of aromatic nitrogens is 2. The van der Waals surface area contributed by atoms with E-state index in [0.717, 1.165) is 28.9 Å². The second kappa shape index (κ2) is 4.66. The lowest BCUT2D eigenvalue weighted by molar-refractivity contribution is 0.627. The van der Waals surface area contributed by atoms with Crippen LogP contribution in [0.2, 0.25) is 0 Å². The van der Waals surface area contributed by atoms with Gasteiger partial charge in [0.1, 0.15) is 16.5 Å². The number of hydrogen-bond donors (Lipinski definition) is 1. The molecule has 0 bridgehead atoms. The van der Waals surface area contributed by atoms with Crippen LogP contribution in [0.25, 0.3) is 10.2 Å². The summed E-state index contributed by atoms with van der Waals surface area (Å²) in [6, 6.07) is 6.87.